The van der Waals surface area contributed by atoms with Crippen LogP contribution in [0.5, 0.6) is 5.75 Å². The largest absolute Gasteiger partial charge is 0.462 e. The van der Waals surface area contributed by atoms with Gasteiger partial charge < -0.3 is 34.2 Å². The van der Waals surface area contributed by atoms with Crippen LogP contribution in [-0.2, 0) is 14.2 Å². The lowest BCUT2D eigenvalue weighted by atomic mass is 9.89. The lowest BCUT2D eigenvalue weighted by Crippen LogP contribution is -2.65. The van der Waals surface area contributed by atoms with E-state index in [0.717, 1.165) is 16.5 Å². The second-order valence-corrected chi connectivity index (χ2v) is 8.67. The number of carbonyl (C=O) groups excluding carboxylic acids is 1. The van der Waals surface area contributed by atoms with Gasteiger partial charge in [0.2, 0.25) is 6.29 Å². The first kappa shape index (κ1) is 23.7. The predicted molar refractivity (Wildman–Crippen MR) is 123 cm³/mol. The molecule has 1 saturated heterocycles. The fourth-order valence-corrected chi connectivity index (χ4v) is 4.43. The highest BCUT2D eigenvalue weighted by molar-refractivity contribution is 5.87. The molecule has 1 aliphatic heterocycles. The summed E-state index contributed by atoms with van der Waals surface area (Å²) in [5.74, 6) is 0.288. The molecule has 0 bridgehead atoms. The van der Waals surface area contributed by atoms with Crippen LogP contribution in [0.15, 0.2) is 57.7 Å². The van der Waals surface area contributed by atoms with Crippen LogP contribution in [0.3, 0.4) is 0 Å². The van der Waals surface area contributed by atoms with Gasteiger partial charge in [0.1, 0.15) is 17.4 Å². The van der Waals surface area contributed by atoms with Crippen LogP contribution in [0, 0.1) is 6.92 Å². The van der Waals surface area contributed by atoms with Crippen molar-refractivity contribution >= 4 is 17.1 Å². The van der Waals surface area contributed by atoms with Gasteiger partial charge >= 0.3 is 11.7 Å². The quantitative estimate of drug-likeness (QED) is 0.545. The topological polar surface area (TPSA) is 130 Å². The highest BCUT2D eigenvalue weighted by Gasteiger charge is 2.53. The molecule has 1 fully saturated rings. The summed E-state index contributed by atoms with van der Waals surface area (Å²) in [6.07, 6.45) is -5.57. The van der Waals surface area contributed by atoms with E-state index in [4.69, 9.17) is 29.1 Å². The van der Waals surface area contributed by atoms with Gasteiger partial charge in [-0.15, -0.1) is 0 Å². The third-order valence-electron chi connectivity index (χ3n) is 5.98. The number of amides is 1. The molecule has 9 nitrogen and oxygen atoms in total. The van der Waals surface area contributed by atoms with E-state index in [-0.39, 0.29) is 5.75 Å². The molecule has 0 radical (unpaired) electrons. The third-order valence-corrected chi connectivity index (χ3v) is 5.98. The Balaban J connectivity index is 1.67. The maximum Gasteiger partial charge on any atom is 0.404 e. The average Bonchev–Trinajstić information content (AvgIpc) is 2.77. The fourth-order valence-electron chi connectivity index (χ4n) is 4.43. The Hall–Kier alpha value is -3.40. The number of ether oxygens (including phenoxy) is 4. The van der Waals surface area contributed by atoms with Crippen molar-refractivity contribution in [1.29, 1.82) is 0 Å². The van der Waals surface area contributed by atoms with Crippen molar-refractivity contribution in [2.75, 3.05) is 7.11 Å². The first-order chi connectivity index (χ1) is 16.1. The van der Waals surface area contributed by atoms with Crippen molar-refractivity contribution in [3.8, 4) is 16.9 Å². The molecule has 0 spiro atoms. The van der Waals surface area contributed by atoms with E-state index in [1.807, 2.05) is 37.3 Å². The number of rotatable bonds is 5. The number of fused-ring (bicyclic) bond motifs is 1. The van der Waals surface area contributed by atoms with E-state index in [1.54, 1.807) is 32.0 Å². The molecule has 3 N–H and O–H groups in total. The first-order valence-corrected chi connectivity index (χ1v) is 10.8. The molecular formula is C25H27NO8. The Morgan fingerprint density at radius 2 is 1.85 bits per heavy atom. The Morgan fingerprint density at radius 1 is 1.15 bits per heavy atom. The summed E-state index contributed by atoms with van der Waals surface area (Å²) in [4.78, 5) is 24.2. The predicted octanol–water partition coefficient (Wildman–Crippen LogP) is 3.12. The van der Waals surface area contributed by atoms with E-state index in [1.165, 1.54) is 7.11 Å². The van der Waals surface area contributed by atoms with Crippen molar-refractivity contribution in [2.45, 2.75) is 51.0 Å². The third kappa shape index (κ3) is 4.37. The second-order valence-electron chi connectivity index (χ2n) is 8.67. The number of aliphatic hydroxyl groups excluding tert-OH is 1. The van der Waals surface area contributed by atoms with Gasteiger partial charge in [0, 0.05) is 18.6 Å². The first-order valence-electron chi connectivity index (χ1n) is 10.8. The van der Waals surface area contributed by atoms with Crippen molar-refractivity contribution in [2.24, 2.45) is 5.73 Å². The molecule has 4 atom stereocenters. The van der Waals surface area contributed by atoms with Crippen LogP contribution in [0.4, 0.5) is 4.79 Å². The summed E-state index contributed by atoms with van der Waals surface area (Å²) >= 11 is 0. The number of carbonyl (C=O) groups is 1. The second kappa shape index (κ2) is 9.09. The Labute approximate surface area is 196 Å². The number of primary amides is 1. The van der Waals surface area contributed by atoms with Crippen molar-refractivity contribution in [1.82, 2.24) is 0 Å². The molecule has 1 aliphatic rings. The van der Waals surface area contributed by atoms with Gasteiger partial charge in [-0.2, -0.15) is 0 Å². The molecular weight excluding hydrogens is 442 g/mol. The van der Waals surface area contributed by atoms with E-state index in [0.29, 0.717) is 11.1 Å². The number of aryl methyl sites for hydroxylation is 1. The normalized spacial score (nSPS) is 24.0. The van der Waals surface area contributed by atoms with Crippen LogP contribution in [-0.4, -0.2) is 48.5 Å². The summed E-state index contributed by atoms with van der Waals surface area (Å²) in [5.41, 5.74) is 6.09. The monoisotopic (exact) mass is 469 g/mol. The number of methoxy groups -OCH3 is 1. The van der Waals surface area contributed by atoms with E-state index < -0.39 is 41.9 Å². The molecule has 4 unspecified atom stereocenters. The van der Waals surface area contributed by atoms with Gasteiger partial charge in [-0.05, 0) is 44.0 Å². The lowest BCUT2D eigenvalue weighted by molar-refractivity contribution is -0.304. The van der Waals surface area contributed by atoms with Gasteiger partial charge in [-0.1, -0.05) is 30.3 Å². The fraction of sp³-hybridized carbons (Fsp3) is 0.360. The standard InChI is InChI=1S/C25H27NO8/c1-13-16-11-10-15(12-17(16)32-22(28)18(13)14-8-6-5-7-9-14)31-23-19(27)20(33-24(26)29)21(30-4)25(2,3)34-23/h5-12,19-21,23,27H,1-4H3,(H2,26,29). The number of hydrogen-bond acceptors (Lipinski definition) is 8. The minimum Gasteiger partial charge on any atom is -0.462 e. The zero-order valence-corrected chi connectivity index (χ0v) is 19.3. The molecule has 2 heterocycles. The molecule has 3 aromatic rings. The van der Waals surface area contributed by atoms with Crippen LogP contribution in [0.1, 0.15) is 19.4 Å². The molecule has 0 aliphatic carbocycles. The number of hydrogen-bond donors (Lipinski definition) is 2. The Kier molecular flexibility index (Phi) is 6.35. The average molecular weight is 469 g/mol. The van der Waals surface area contributed by atoms with Crippen molar-refractivity contribution < 1.29 is 33.3 Å². The summed E-state index contributed by atoms with van der Waals surface area (Å²) in [6.45, 7) is 5.29. The molecule has 0 saturated carbocycles. The minimum atomic E-state index is -1.39. The van der Waals surface area contributed by atoms with Gasteiger partial charge in [0.25, 0.3) is 0 Å². The number of benzene rings is 2. The summed E-state index contributed by atoms with van der Waals surface area (Å²) < 4.78 is 27.9. The summed E-state index contributed by atoms with van der Waals surface area (Å²) in [5, 5.41) is 11.5. The Bertz CT molecular complexity index is 1250. The molecule has 2 aromatic carbocycles. The molecule has 1 aromatic heterocycles. The van der Waals surface area contributed by atoms with Gasteiger partial charge in [0.15, 0.2) is 12.2 Å². The van der Waals surface area contributed by atoms with Gasteiger partial charge in [0.05, 0.1) is 11.2 Å². The zero-order valence-electron chi connectivity index (χ0n) is 19.3. The number of aliphatic hydroxyl groups is 1. The van der Waals surface area contributed by atoms with E-state index in [9.17, 15) is 14.7 Å². The highest BCUT2D eigenvalue weighted by atomic mass is 16.7. The molecule has 1 amide bonds. The van der Waals surface area contributed by atoms with Crippen molar-refractivity contribution in [3.63, 3.8) is 0 Å². The maximum atomic E-state index is 12.8. The van der Waals surface area contributed by atoms with Crippen LogP contribution in [0.2, 0.25) is 0 Å². The van der Waals surface area contributed by atoms with E-state index in [2.05, 4.69) is 0 Å². The highest BCUT2D eigenvalue weighted by Crippen LogP contribution is 2.35. The smallest absolute Gasteiger partial charge is 0.404 e. The van der Waals surface area contributed by atoms with Crippen LogP contribution >= 0.6 is 0 Å². The van der Waals surface area contributed by atoms with Crippen molar-refractivity contribution in [3.05, 3.63) is 64.5 Å². The number of nitrogens with two attached hydrogens (primary N) is 1. The lowest BCUT2D eigenvalue weighted by Gasteiger charge is -2.47. The SMILES string of the molecule is COC1C(OC(N)=O)C(O)C(Oc2ccc3c(C)c(-c4ccccc4)c(=O)oc3c2)OC1(C)C. The maximum absolute atomic E-state index is 12.8. The molecule has 180 valence electrons. The molecule has 9 heteroatoms. The zero-order chi connectivity index (χ0) is 24.6. The van der Waals surface area contributed by atoms with Crippen LogP contribution in [0.25, 0.3) is 22.1 Å². The van der Waals surface area contributed by atoms with Crippen LogP contribution < -0.4 is 16.1 Å². The molecule has 34 heavy (non-hydrogen) atoms. The minimum absolute atomic E-state index is 0.288. The van der Waals surface area contributed by atoms with Gasteiger partial charge in [-0.25, -0.2) is 9.59 Å². The Morgan fingerprint density at radius 3 is 2.50 bits per heavy atom. The van der Waals surface area contributed by atoms with Gasteiger partial charge in [-0.3, -0.25) is 0 Å². The van der Waals surface area contributed by atoms with E-state index >= 15 is 0 Å². The summed E-state index contributed by atoms with van der Waals surface area (Å²) in [7, 11) is 1.42. The molecule has 4 rings (SSSR count). The summed E-state index contributed by atoms with van der Waals surface area (Å²) in [6, 6.07) is 14.3.